The van der Waals surface area contributed by atoms with Crippen LogP contribution in [0.1, 0.15) is 5.69 Å². The molecule has 0 radical (unpaired) electrons. The Morgan fingerprint density at radius 3 is 2.92 bits per heavy atom. The van der Waals surface area contributed by atoms with Gasteiger partial charge >= 0.3 is 0 Å². The van der Waals surface area contributed by atoms with Gasteiger partial charge in [0.1, 0.15) is 0 Å². The summed E-state index contributed by atoms with van der Waals surface area (Å²) >= 11 is 1.53. The van der Waals surface area contributed by atoms with Crippen LogP contribution in [0.4, 0.5) is 0 Å². The Labute approximate surface area is 74.7 Å². The highest BCUT2D eigenvalue weighted by atomic mass is 32.2. The number of ketones is 1. The van der Waals surface area contributed by atoms with E-state index < -0.39 is 0 Å². The van der Waals surface area contributed by atoms with Crippen molar-refractivity contribution in [3.8, 4) is 0 Å². The number of carbonyl (C=O) groups is 1. The van der Waals surface area contributed by atoms with Crippen molar-refractivity contribution in [2.24, 2.45) is 0 Å². The van der Waals surface area contributed by atoms with Crippen molar-refractivity contribution >= 4 is 23.1 Å². The van der Waals surface area contributed by atoms with Crippen LogP contribution >= 0.6 is 11.8 Å². The van der Waals surface area contributed by atoms with Crippen LogP contribution in [-0.4, -0.2) is 16.5 Å². The molecule has 0 bridgehead atoms. The molecule has 0 aliphatic carbocycles. The predicted molar refractivity (Wildman–Crippen MR) is 49.7 cm³/mol. The van der Waals surface area contributed by atoms with Gasteiger partial charge in [-0.3, -0.25) is 9.78 Å². The molecule has 0 unspecified atom stereocenters. The summed E-state index contributed by atoms with van der Waals surface area (Å²) in [6.45, 7) is 0. The molecule has 0 amide bonds. The van der Waals surface area contributed by atoms with Gasteiger partial charge < -0.3 is 0 Å². The summed E-state index contributed by atoms with van der Waals surface area (Å²) < 4.78 is 0. The predicted octanol–water partition coefficient (Wildman–Crippen LogP) is 1.74. The lowest BCUT2D eigenvalue weighted by Crippen LogP contribution is -1.99. The Morgan fingerprint density at radius 1 is 1.42 bits per heavy atom. The van der Waals surface area contributed by atoms with Crippen molar-refractivity contribution < 1.29 is 4.79 Å². The van der Waals surface area contributed by atoms with E-state index in [9.17, 15) is 4.79 Å². The lowest BCUT2D eigenvalue weighted by Gasteiger charge is -1.96. The van der Waals surface area contributed by atoms with Crippen LogP contribution < -0.4 is 0 Å². The smallest absolute Gasteiger partial charge is 0.175 e. The summed E-state index contributed by atoms with van der Waals surface area (Å²) in [6, 6.07) is 5.59. The van der Waals surface area contributed by atoms with Crippen LogP contribution in [0.25, 0.3) is 5.57 Å². The summed E-state index contributed by atoms with van der Waals surface area (Å²) in [5.74, 6) is 0.741. The number of pyridine rings is 1. The Bertz CT molecular complexity index is 332. The van der Waals surface area contributed by atoms with Crippen molar-refractivity contribution in [3.63, 3.8) is 0 Å². The molecule has 0 saturated carbocycles. The zero-order valence-electron chi connectivity index (χ0n) is 6.36. The zero-order chi connectivity index (χ0) is 8.39. The highest BCUT2D eigenvalue weighted by Crippen LogP contribution is 2.25. The van der Waals surface area contributed by atoms with Gasteiger partial charge in [0.15, 0.2) is 5.78 Å². The van der Waals surface area contributed by atoms with E-state index in [4.69, 9.17) is 0 Å². The number of hydrogen-bond donors (Lipinski definition) is 0. The first kappa shape index (κ1) is 7.55. The summed E-state index contributed by atoms with van der Waals surface area (Å²) in [7, 11) is 0. The maximum atomic E-state index is 11.2. The molecule has 1 aliphatic rings. The highest BCUT2D eigenvalue weighted by Gasteiger charge is 2.17. The molecule has 2 heterocycles. The van der Waals surface area contributed by atoms with E-state index in [2.05, 4.69) is 4.98 Å². The fraction of sp³-hybridized carbons (Fsp3) is 0.111. The zero-order valence-corrected chi connectivity index (χ0v) is 7.17. The summed E-state index contributed by atoms with van der Waals surface area (Å²) in [6.07, 6.45) is 1.70. The minimum Gasteiger partial charge on any atom is -0.293 e. The van der Waals surface area contributed by atoms with Crippen LogP contribution in [0.3, 0.4) is 0 Å². The first-order valence-corrected chi connectivity index (χ1v) is 4.69. The number of allylic oxidation sites excluding steroid dienone is 1. The molecule has 0 fully saturated rings. The number of hydrogen-bond acceptors (Lipinski definition) is 3. The minimum atomic E-state index is 0.179. The van der Waals surface area contributed by atoms with Crippen LogP contribution in [0, 0.1) is 0 Å². The maximum Gasteiger partial charge on any atom is 0.175 e. The van der Waals surface area contributed by atoms with Gasteiger partial charge in [-0.25, -0.2) is 0 Å². The average molecular weight is 177 g/mol. The monoisotopic (exact) mass is 177 g/mol. The topological polar surface area (TPSA) is 30.0 Å². The van der Waals surface area contributed by atoms with Crippen molar-refractivity contribution in [3.05, 3.63) is 35.5 Å². The highest BCUT2D eigenvalue weighted by molar-refractivity contribution is 8.03. The maximum absolute atomic E-state index is 11.2. The Hall–Kier alpha value is -1.09. The van der Waals surface area contributed by atoms with Gasteiger partial charge in [-0.1, -0.05) is 6.07 Å². The molecule has 0 saturated heterocycles. The first-order chi connectivity index (χ1) is 5.88. The lowest BCUT2D eigenvalue weighted by molar-refractivity contribution is -0.111. The second kappa shape index (κ2) is 3.11. The lowest BCUT2D eigenvalue weighted by atomic mass is 10.1. The molecule has 1 aromatic heterocycles. The number of thioether (sulfide) groups is 1. The fourth-order valence-electron chi connectivity index (χ4n) is 1.07. The SMILES string of the molecule is O=C1CSC=C1c1ccccn1. The van der Waals surface area contributed by atoms with Crippen molar-refractivity contribution in [1.82, 2.24) is 4.98 Å². The van der Waals surface area contributed by atoms with Crippen LogP contribution in [-0.2, 0) is 4.79 Å². The molecule has 1 aromatic rings. The number of nitrogens with zero attached hydrogens (tertiary/aromatic N) is 1. The van der Waals surface area contributed by atoms with Gasteiger partial charge in [-0.2, -0.15) is 0 Å². The van der Waals surface area contributed by atoms with Crippen molar-refractivity contribution in [1.29, 1.82) is 0 Å². The summed E-state index contributed by atoms with van der Waals surface area (Å²) in [5, 5.41) is 1.88. The minimum absolute atomic E-state index is 0.179. The molecular weight excluding hydrogens is 170 g/mol. The molecule has 0 atom stereocenters. The third-order valence-electron chi connectivity index (χ3n) is 1.66. The molecule has 2 rings (SSSR count). The van der Waals surface area contributed by atoms with Gasteiger partial charge in [0.05, 0.1) is 17.0 Å². The largest absolute Gasteiger partial charge is 0.293 e. The normalized spacial score (nSPS) is 16.3. The molecule has 0 N–H and O–H groups in total. The molecule has 0 aromatic carbocycles. The number of carbonyl (C=O) groups excluding carboxylic acids is 1. The number of aromatic nitrogens is 1. The van der Waals surface area contributed by atoms with Gasteiger partial charge in [0, 0.05) is 6.20 Å². The van der Waals surface area contributed by atoms with Crippen molar-refractivity contribution in [2.45, 2.75) is 0 Å². The van der Waals surface area contributed by atoms with E-state index in [0.29, 0.717) is 5.75 Å². The summed E-state index contributed by atoms with van der Waals surface area (Å²) in [5.41, 5.74) is 1.54. The van der Waals surface area contributed by atoms with E-state index >= 15 is 0 Å². The molecule has 3 heteroatoms. The third kappa shape index (κ3) is 1.28. The first-order valence-electron chi connectivity index (χ1n) is 3.64. The number of Topliss-reactive ketones (excluding diaryl/α,β-unsaturated/α-hetero) is 1. The van der Waals surface area contributed by atoms with Gasteiger partial charge in [0.2, 0.25) is 0 Å². The third-order valence-corrected chi connectivity index (χ3v) is 2.49. The Morgan fingerprint density at radius 2 is 2.33 bits per heavy atom. The second-order valence-corrected chi connectivity index (χ2v) is 3.34. The molecule has 60 valence electrons. The summed E-state index contributed by atoms with van der Waals surface area (Å²) in [4.78, 5) is 15.4. The van der Waals surface area contributed by atoms with Crippen LogP contribution in [0.5, 0.6) is 0 Å². The number of rotatable bonds is 1. The average Bonchev–Trinajstić information content (AvgIpc) is 2.53. The molecular formula is C9H7NOS. The van der Waals surface area contributed by atoms with Crippen molar-refractivity contribution in [2.75, 3.05) is 5.75 Å². The Kier molecular flexibility index (Phi) is 1.96. The second-order valence-electron chi connectivity index (χ2n) is 2.48. The standard InChI is InChI=1S/C9H7NOS/c11-9-6-12-5-7(9)8-3-1-2-4-10-8/h1-5H,6H2. The van der Waals surface area contributed by atoms with Gasteiger partial charge in [-0.15, -0.1) is 11.8 Å². The molecule has 2 nitrogen and oxygen atoms in total. The van der Waals surface area contributed by atoms with Crippen LogP contribution in [0.2, 0.25) is 0 Å². The van der Waals surface area contributed by atoms with E-state index in [1.807, 2.05) is 23.6 Å². The fourth-order valence-corrected chi connectivity index (χ4v) is 1.88. The molecule has 1 aliphatic heterocycles. The van der Waals surface area contributed by atoms with E-state index in [1.54, 1.807) is 6.20 Å². The molecule has 12 heavy (non-hydrogen) atoms. The van der Waals surface area contributed by atoms with E-state index in [0.717, 1.165) is 11.3 Å². The molecule has 0 spiro atoms. The van der Waals surface area contributed by atoms with E-state index in [-0.39, 0.29) is 5.78 Å². The Balaban J connectivity index is 2.38. The quantitative estimate of drug-likeness (QED) is 0.654. The van der Waals surface area contributed by atoms with Gasteiger partial charge in [0.25, 0.3) is 0 Å². The van der Waals surface area contributed by atoms with Gasteiger partial charge in [-0.05, 0) is 17.5 Å². The van der Waals surface area contributed by atoms with Crippen LogP contribution in [0.15, 0.2) is 29.8 Å². The van der Waals surface area contributed by atoms with E-state index in [1.165, 1.54) is 11.8 Å².